The van der Waals surface area contributed by atoms with Crippen molar-refractivity contribution >= 4 is 11.9 Å². The molecular weight excluding hydrogens is 304 g/mol. The van der Waals surface area contributed by atoms with Crippen molar-refractivity contribution in [3.8, 4) is 0 Å². The molecule has 0 radical (unpaired) electrons. The molecule has 0 bridgehead atoms. The molecule has 0 unspecified atom stereocenters. The van der Waals surface area contributed by atoms with Gasteiger partial charge in [0.05, 0.1) is 5.56 Å². The van der Waals surface area contributed by atoms with Gasteiger partial charge >= 0.3 is 5.97 Å². The van der Waals surface area contributed by atoms with Crippen molar-refractivity contribution in [2.24, 2.45) is 0 Å². The molecule has 2 heterocycles. The first-order valence-electron chi connectivity index (χ1n) is 8.19. The number of carbonyl (C=O) groups excluding carboxylic acids is 1. The van der Waals surface area contributed by atoms with Crippen LogP contribution in [0.1, 0.15) is 45.7 Å². The number of carbonyl (C=O) groups is 2. The van der Waals surface area contributed by atoms with Crippen LogP contribution in [0.5, 0.6) is 0 Å². The summed E-state index contributed by atoms with van der Waals surface area (Å²) in [5.41, 5.74) is 1.68. The van der Waals surface area contributed by atoms with Crippen LogP contribution in [0.3, 0.4) is 0 Å². The first kappa shape index (κ1) is 16.2. The molecule has 1 aliphatic rings. The Morgan fingerprint density at radius 3 is 2.62 bits per heavy atom. The first-order valence-corrected chi connectivity index (χ1v) is 8.19. The Labute approximate surface area is 140 Å². The zero-order valence-corrected chi connectivity index (χ0v) is 13.4. The molecule has 5 nitrogen and oxygen atoms in total. The Morgan fingerprint density at radius 2 is 1.96 bits per heavy atom. The fourth-order valence-corrected chi connectivity index (χ4v) is 3.18. The van der Waals surface area contributed by atoms with Crippen molar-refractivity contribution in [1.29, 1.82) is 0 Å². The summed E-state index contributed by atoms with van der Waals surface area (Å²) >= 11 is 0. The lowest BCUT2D eigenvalue weighted by Crippen LogP contribution is -2.36. The molecule has 1 N–H and O–H groups in total. The van der Waals surface area contributed by atoms with Crippen molar-refractivity contribution in [3.63, 3.8) is 0 Å². The van der Waals surface area contributed by atoms with Gasteiger partial charge in [-0.1, -0.05) is 30.3 Å². The molecule has 1 saturated heterocycles. The topological polar surface area (TPSA) is 70.5 Å². The monoisotopic (exact) mass is 324 g/mol. The number of aryl methyl sites for hydroxylation is 1. The van der Waals surface area contributed by atoms with Crippen LogP contribution >= 0.6 is 0 Å². The number of hydrogen-bond donors (Lipinski definition) is 1. The summed E-state index contributed by atoms with van der Waals surface area (Å²) in [6.45, 7) is 0.737. The van der Waals surface area contributed by atoms with Gasteiger partial charge in [-0.2, -0.15) is 0 Å². The van der Waals surface area contributed by atoms with Crippen LogP contribution in [-0.4, -0.2) is 39.5 Å². The maximum Gasteiger partial charge on any atom is 0.337 e. The number of nitrogens with zero attached hydrogens (tertiary/aromatic N) is 2. The Kier molecular flexibility index (Phi) is 4.89. The number of carboxylic acids is 1. The van der Waals surface area contributed by atoms with Gasteiger partial charge in [0.25, 0.3) is 5.91 Å². The lowest BCUT2D eigenvalue weighted by Gasteiger charge is -2.24. The van der Waals surface area contributed by atoms with Gasteiger partial charge in [0.2, 0.25) is 0 Å². The van der Waals surface area contributed by atoms with Gasteiger partial charge in [-0.05, 0) is 43.4 Å². The average Bonchev–Trinajstić information content (AvgIpc) is 3.09. The number of likely N-dealkylation sites (tertiary alicyclic amines) is 1. The van der Waals surface area contributed by atoms with E-state index in [1.54, 1.807) is 0 Å². The van der Waals surface area contributed by atoms with Crippen molar-refractivity contribution in [3.05, 3.63) is 65.5 Å². The molecule has 5 heteroatoms. The third kappa shape index (κ3) is 3.62. The molecule has 24 heavy (non-hydrogen) atoms. The highest BCUT2D eigenvalue weighted by atomic mass is 16.4. The van der Waals surface area contributed by atoms with Crippen LogP contribution in [0.2, 0.25) is 0 Å². The van der Waals surface area contributed by atoms with Crippen molar-refractivity contribution in [1.82, 2.24) is 9.88 Å². The van der Waals surface area contributed by atoms with Crippen molar-refractivity contribution in [2.45, 2.75) is 31.7 Å². The molecule has 0 aliphatic carbocycles. The minimum atomic E-state index is -1.04. The standard InChI is InChI=1S/C19H20N2O3/c22-18(17-11-9-15(13-20-17)19(23)24)21-12-4-7-16(21)10-8-14-5-2-1-3-6-14/h1-3,5-6,9,11,13,16H,4,7-8,10,12H2,(H,23,24)/t16-/m1/s1. The normalized spacial score (nSPS) is 17.0. The third-order valence-electron chi connectivity index (χ3n) is 4.48. The molecule has 0 spiro atoms. The van der Waals surface area contributed by atoms with Crippen LogP contribution in [0.25, 0.3) is 0 Å². The Morgan fingerprint density at radius 1 is 1.17 bits per heavy atom. The van der Waals surface area contributed by atoms with E-state index >= 15 is 0 Å². The number of amides is 1. The molecule has 1 aromatic carbocycles. The van der Waals surface area contributed by atoms with Gasteiger partial charge in [0, 0.05) is 18.8 Å². The highest BCUT2D eigenvalue weighted by Gasteiger charge is 2.29. The van der Waals surface area contributed by atoms with E-state index in [0.29, 0.717) is 5.69 Å². The van der Waals surface area contributed by atoms with Gasteiger partial charge in [-0.25, -0.2) is 4.79 Å². The zero-order chi connectivity index (χ0) is 16.9. The highest BCUT2D eigenvalue weighted by molar-refractivity contribution is 5.94. The molecule has 3 rings (SSSR count). The second-order valence-corrected chi connectivity index (χ2v) is 6.06. The molecule has 0 saturated carbocycles. The number of hydrogen-bond acceptors (Lipinski definition) is 3. The minimum Gasteiger partial charge on any atom is -0.478 e. The summed E-state index contributed by atoms with van der Waals surface area (Å²) < 4.78 is 0. The quantitative estimate of drug-likeness (QED) is 0.918. The van der Waals surface area contributed by atoms with Gasteiger partial charge in [0.1, 0.15) is 5.69 Å². The van der Waals surface area contributed by atoms with Gasteiger partial charge in [-0.3, -0.25) is 9.78 Å². The van der Waals surface area contributed by atoms with E-state index in [0.717, 1.165) is 32.2 Å². The van der Waals surface area contributed by atoms with E-state index in [2.05, 4.69) is 17.1 Å². The number of carboxylic acid groups (broad SMARTS) is 1. The number of pyridine rings is 1. The molecule has 2 aromatic rings. The molecule has 124 valence electrons. The molecule has 1 aliphatic heterocycles. The van der Waals surface area contributed by atoms with E-state index in [1.165, 1.54) is 23.9 Å². The van der Waals surface area contributed by atoms with Crippen molar-refractivity contribution < 1.29 is 14.7 Å². The predicted octanol–water partition coefficient (Wildman–Crippen LogP) is 3.02. The Hall–Kier alpha value is -2.69. The highest BCUT2D eigenvalue weighted by Crippen LogP contribution is 2.23. The van der Waals surface area contributed by atoms with Crippen LogP contribution in [0.15, 0.2) is 48.7 Å². The SMILES string of the molecule is O=C(O)c1ccc(C(=O)N2CCC[C@@H]2CCc2ccccc2)nc1. The number of rotatable bonds is 5. The van der Waals surface area contributed by atoms with Gasteiger partial charge in [0.15, 0.2) is 0 Å². The molecule has 1 aromatic heterocycles. The summed E-state index contributed by atoms with van der Waals surface area (Å²) in [5, 5.41) is 8.91. The molecule has 1 fully saturated rings. The van der Waals surface area contributed by atoms with Crippen LogP contribution in [-0.2, 0) is 6.42 Å². The predicted molar refractivity (Wildman–Crippen MR) is 90.0 cm³/mol. The molecule has 1 amide bonds. The zero-order valence-electron chi connectivity index (χ0n) is 13.4. The fourth-order valence-electron chi connectivity index (χ4n) is 3.18. The van der Waals surface area contributed by atoms with E-state index in [-0.39, 0.29) is 17.5 Å². The summed E-state index contributed by atoms with van der Waals surface area (Å²) in [7, 11) is 0. The number of benzene rings is 1. The van der Waals surface area contributed by atoms with Crippen molar-refractivity contribution in [2.75, 3.05) is 6.54 Å². The minimum absolute atomic E-state index is 0.0913. The van der Waals surface area contributed by atoms with E-state index < -0.39 is 5.97 Å². The summed E-state index contributed by atoms with van der Waals surface area (Å²) in [5.74, 6) is -1.15. The third-order valence-corrected chi connectivity index (χ3v) is 4.48. The number of aromatic carboxylic acids is 1. The van der Waals surface area contributed by atoms with Gasteiger partial charge in [-0.15, -0.1) is 0 Å². The second kappa shape index (κ2) is 7.25. The van der Waals surface area contributed by atoms with E-state index in [4.69, 9.17) is 5.11 Å². The fraction of sp³-hybridized carbons (Fsp3) is 0.316. The second-order valence-electron chi connectivity index (χ2n) is 6.06. The Balaban J connectivity index is 1.65. The van der Waals surface area contributed by atoms with Crippen LogP contribution in [0, 0.1) is 0 Å². The Bertz CT molecular complexity index is 713. The first-order chi connectivity index (χ1) is 11.6. The van der Waals surface area contributed by atoms with E-state index in [9.17, 15) is 9.59 Å². The van der Waals surface area contributed by atoms with Crippen LogP contribution < -0.4 is 0 Å². The van der Waals surface area contributed by atoms with E-state index in [1.807, 2.05) is 23.1 Å². The summed E-state index contributed by atoms with van der Waals surface area (Å²) in [4.78, 5) is 29.4. The molecule has 1 atom stereocenters. The van der Waals surface area contributed by atoms with Crippen LogP contribution in [0.4, 0.5) is 0 Å². The largest absolute Gasteiger partial charge is 0.478 e. The average molecular weight is 324 g/mol. The maximum absolute atomic E-state index is 12.7. The van der Waals surface area contributed by atoms with Gasteiger partial charge < -0.3 is 10.0 Å². The lowest BCUT2D eigenvalue weighted by molar-refractivity contribution is 0.0689. The summed E-state index contributed by atoms with van der Waals surface area (Å²) in [6, 6.07) is 13.4. The smallest absolute Gasteiger partial charge is 0.337 e. The number of aromatic nitrogens is 1. The lowest BCUT2D eigenvalue weighted by atomic mass is 10.0. The molecular formula is C19H20N2O3. The maximum atomic E-state index is 12.7. The summed E-state index contributed by atoms with van der Waals surface area (Å²) in [6.07, 6.45) is 5.12.